The number of hydrogen-bond donors (Lipinski definition) is 1. The second-order valence-electron chi connectivity index (χ2n) is 6.40. The van der Waals surface area contributed by atoms with Gasteiger partial charge in [0, 0.05) is 18.5 Å². The van der Waals surface area contributed by atoms with E-state index in [1.807, 2.05) is 0 Å². The van der Waals surface area contributed by atoms with Gasteiger partial charge in [0.2, 0.25) is 0 Å². The van der Waals surface area contributed by atoms with Crippen molar-refractivity contribution in [1.29, 1.82) is 0 Å². The molecule has 0 atom stereocenters. The van der Waals surface area contributed by atoms with E-state index in [2.05, 4.69) is 43.7 Å². The molecule has 2 N–H and O–H groups in total. The van der Waals surface area contributed by atoms with Crippen molar-refractivity contribution in [3.63, 3.8) is 0 Å². The third-order valence-electron chi connectivity index (χ3n) is 4.92. The van der Waals surface area contributed by atoms with Crippen LogP contribution >= 0.6 is 0 Å². The third-order valence-corrected chi connectivity index (χ3v) is 4.92. The number of anilines is 1. The van der Waals surface area contributed by atoms with Crippen molar-refractivity contribution in [3.05, 3.63) is 35.2 Å². The van der Waals surface area contributed by atoms with E-state index in [0.29, 0.717) is 5.92 Å². The Morgan fingerprint density at radius 2 is 1.81 bits per heavy atom. The van der Waals surface area contributed by atoms with E-state index in [1.165, 1.54) is 49.1 Å². The Kier molecular flexibility index (Phi) is 3.75. The molecule has 2 aromatic rings. The van der Waals surface area contributed by atoms with Crippen LogP contribution in [-0.4, -0.2) is 9.55 Å². The highest BCUT2D eigenvalue weighted by atomic mass is 15.1. The summed E-state index contributed by atoms with van der Waals surface area (Å²) in [4.78, 5) is 4.91. The van der Waals surface area contributed by atoms with Crippen molar-refractivity contribution in [2.75, 3.05) is 5.73 Å². The second-order valence-corrected chi connectivity index (χ2v) is 6.40. The largest absolute Gasteiger partial charge is 0.383 e. The molecule has 112 valence electrons. The molecule has 0 saturated heterocycles. The number of nitrogens with two attached hydrogens (primary N) is 1. The summed E-state index contributed by atoms with van der Waals surface area (Å²) in [5.41, 5.74) is 11.0. The number of nitrogen functional groups attached to an aromatic ring is 1. The van der Waals surface area contributed by atoms with Crippen LogP contribution in [0.2, 0.25) is 0 Å². The van der Waals surface area contributed by atoms with Gasteiger partial charge < -0.3 is 10.3 Å². The fourth-order valence-electron chi connectivity index (χ4n) is 3.36. The first-order valence-electron chi connectivity index (χ1n) is 7.97. The molecule has 3 rings (SSSR count). The number of imidazole rings is 1. The molecule has 1 saturated carbocycles. The van der Waals surface area contributed by atoms with E-state index in [9.17, 15) is 0 Å². The van der Waals surface area contributed by atoms with Gasteiger partial charge in [0.15, 0.2) is 0 Å². The number of hydrogen-bond acceptors (Lipinski definition) is 2. The molecule has 1 aromatic heterocycles. The predicted molar refractivity (Wildman–Crippen MR) is 88.4 cm³/mol. The number of benzene rings is 1. The monoisotopic (exact) mass is 283 g/mol. The fourth-order valence-corrected chi connectivity index (χ4v) is 3.36. The van der Waals surface area contributed by atoms with Crippen LogP contribution < -0.4 is 5.73 Å². The molecular formula is C18H25N3. The molecule has 0 bridgehead atoms. The van der Waals surface area contributed by atoms with Gasteiger partial charge in [-0.15, -0.1) is 0 Å². The minimum absolute atomic E-state index is 0.575. The van der Waals surface area contributed by atoms with Crippen LogP contribution in [-0.2, 0) is 7.05 Å². The smallest absolute Gasteiger partial charge is 0.131 e. The Labute approximate surface area is 127 Å². The first kappa shape index (κ1) is 14.2. The molecule has 1 heterocycles. The molecule has 0 spiro atoms. The van der Waals surface area contributed by atoms with Gasteiger partial charge >= 0.3 is 0 Å². The highest BCUT2D eigenvalue weighted by molar-refractivity contribution is 5.72. The third kappa shape index (κ3) is 2.57. The minimum atomic E-state index is 0.575. The standard InChI is InChI=1S/C18H25N3/c1-12-9-10-15(11-13(12)2)16-17(19)21(3)18(20-16)14-7-5-4-6-8-14/h9-11,14H,4-8,19H2,1-3H3. The molecule has 3 heteroatoms. The maximum absolute atomic E-state index is 6.33. The maximum atomic E-state index is 6.33. The lowest BCUT2D eigenvalue weighted by Gasteiger charge is -2.21. The van der Waals surface area contributed by atoms with Gasteiger partial charge in [-0.3, -0.25) is 0 Å². The average Bonchev–Trinajstić information content (AvgIpc) is 2.79. The molecule has 0 amide bonds. The molecule has 0 radical (unpaired) electrons. The van der Waals surface area contributed by atoms with E-state index in [4.69, 9.17) is 10.7 Å². The zero-order valence-electron chi connectivity index (χ0n) is 13.3. The van der Waals surface area contributed by atoms with Gasteiger partial charge in [-0.1, -0.05) is 31.4 Å². The van der Waals surface area contributed by atoms with Gasteiger partial charge in [0.25, 0.3) is 0 Å². The fraction of sp³-hybridized carbons (Fsp3) is 0.500. The Hall–Kier alpha value is -1.77. The molecule has 1 aliphatic rings. The first-order chi connectivity index (χ1) is 10.1. The highest BCUT2D eigenvalue weighted by Crippen LogP contribution is 2.36. The highest BCUT2D eigenvalue weighted by Gasteiger charge is 2.23. The quantitative estimate of drug-likeness (QED) is 0.891. The lowest BCUT2D eigenvalue weighted by atomic mass is 9.89. The van der Waals surface area contributed by atoms with Gasteiger partial charge in [-0.2, -0.15) is 0 Å². The Bertz CT molecular complexity index is 649. The normalized spacial score (nSPS) is 16.3. The second kappa shape index (κ2) is 5.55. The van der Waals surface area contributed by atoms with Gasteiger partial charge in [0.1, 0.15) is 17.3 Å². The number of nitrogens with zero attached hydrogens (tertiary/aromatic N) is 2. The van der Waals surface area contributed by atoms with Crippen molar-refractivity contribution in [1.82, 2.24) is 9.55 Å². The summed E-state index contributed by atoms with van der Waals surface area (Å²) >= 11 is 0. The van der Waals surface area contributed by atoms with Crippen LogP contribution in [0.15, 0.2) is 18.2 Å². The summed E-state index contributed by atoms with van der Waals surface area (Å²) in [7, 11) is 2.05. The predicted octanol–water partition coefficient (Wildman–Crippen LogP) is 4.33. The van der Waals surface area contributed by atoms with Crippen molar-refractivity contribution >= 4 is 5.82 Å². The number of aryl methyl sites for hydroxylation is 2. The van der Waals surface area contributed by atoms with Crippen LogP contribution in [0.3, 0.4) is 0 Å². The molecular weight excluding hydrogens is 258 g/mol. The van der Waals surface area contributed by atoms with Gasteiger partial charge in [0.05, 0.1) is 0 Å². The van der Waals surface area contributed by atoms with Crippen LogP contribution in [0, 0.1) is 13.8 Å². The molecule has 1 fully saturated rings. The molecule has 0 unspecified atom stereocenters. The molecule has 0 aliphatic heterocycles. The summed E-state index contributed by atoms with van der Waals surface area (Å²) in [6, 6.07) is 6.48. The van der Waals surface area contributed by atoms with E-state index in [1.54, 1.807) is 0 Å². The summed E-state index contributed by atoms with van der Waals surface area (Å²) in [6.07, 6.45) is 6.49. The van der Waals surface area contributed by atoms with E-state index in [0.717, 1.165) is 17.1 Å². The number of rotatable bonds is 2. The maximum Gasteiger partial charge on any atom is 0.131 e. The summed E-state index contributed by atoms with van der Waals surface area (Å²) in [5, 5.41) is 0. The van der Waals surface area contributed by atoms with Crippen LogP contribution in [0.4, 0.5) is 5.82 Å². The Balaban J connectivity index is 2.01. The molecule has 21 heavy (non-hydrogen) atoms. The number of aromatic nitrogens is 2. The van der Waals surface area contributed by atoms with Crippen LogP contribution in [0.25, 0.3) is 11.3 Å². The Morgan fingerprint density at radius 1 is 1.10 bits per heavy atom. The minimum Gasteiger partial charge on any atom is -0.383 e. The SMILES string of the molecule is Cc1ccc(-c2nc(C3CCCCC3)n(C)c2N)cc1C. The molecule has 3 nitrogen and oxygen atoms in total. The lowest BCUT2D eigenvalue weighted by molar-refractivity contribution is 0.422. The van der Waals surface area contributed by atoms with Crippen molar-refractivity contribution < 1.29 is 0 Å². The molecule has 1 aromatic carbocycles. The van der Waals surface area contributed by atoms with Crippen molar-refractivity contribution in [3.8, 4) is 11.3 Å². The van der Waals surface area contributed by atoms with Crippen LogP contribution in [0.1, 0.15) is 55.0 Å². The molecule has 1 aliphatic carbocycles. The van der Waals surface area contributed by atoms with Crippen LogP contribution in [0.5, 0.6) is 0 Å². The summed E-state index contributed by atoms with van der Waals surface area (Å²) < 4.78 is 2.10. The Morgan fingerprint density at radius 3 is 2.48 bits per heavy atom. The summed E-state index contributed by atoms with van der Waals surface area (Å²) in [5.74, 6) is 2.53. The first-order valence-corrected chi connectivity index (χ1v) is 7.97. The van der Waals surface area contributed by atoms with E-state index >= 15 is 0 Å². The van der Waals surface area contributed by atoms with E-state index in [-0.39, 0.29) is 0 Å². The van der Waals surface area contributed by atoms with Crippen molar-refractivity contribution in [2.24, 2.45) is 7.05 Å². The van der Waals surface area contributed by atoms with Gasteiger partial charge in [-0.05, 0) is 43.9 Å². The van der Waals surface area contributed by atoms with Crippen molar-refractivity contribution in [2.45, 2.75) is 51.9 Å². The average molecular weight is 283 g/mol. The van der Waals surface area contributed by atoms with Gasteiger partial charge in [-0.25, -0.2) is 4.98 Å². The topological polar surface area (TPSA) is 43.8 Å². The zero-order valence-corrected chi connectivity index (χ0v) is 13.3. The lowest BCUT2D eigenvalue weighted by Crippen LogP contribution is -2.11. The summed E-state index contributed by atoms with van der Waals surface area (Å²) in [6.45, 7) is 4.27. The zero-order chi connectivity index (χ0) is 15.0. The van der Waals surface area contributed by atoms with E-state index < -0.39 is 0 Å².